The van der Waals surface area contributed by atoms with Crippen LogP contribution >= 0.6 is 23.5 Å². The van der Waals surface area contributed by atoms with Crippen molar-refractivity contribution in [1.29, 1.82) is 0 Å². The molecule has 0 aromatic heterocycles. The molecule has 1 aliphatic heterocycles. The molecule has 0 N–H and O–H groups in total. The Balaban J connectivity index is 1.50. The molecule has 1 saturated heterocycles. The van der Waals surface area contributed by atoms with E-state index < -0.39 is 5.97 Å². The molecule has 1 heterocycles. The molecular formula is C20H20FNO3S2. The van der Waals surface area contributed by atoms with Crippen LogP contribution < -0.4 is 0 Å². The summed E-state index contributed by atoms with van der Waals surface area (Å²) in [5, 5.41) is 0. The summed E-state index contributed by atoms with van der Waals surface area (Å²) in [7, 11) is 1.55. The minimum atomic E-state index is -0.541. The van der Waals surface area contributed by atoms with Crippen molar-refractivity contribution < 1.29 is 18.7 Å². The topological polar surface area (TPSA) is 46.6 Å². The molecule has 1 fully saturated rings. The highest BCUT2D eigenvalue weighted by atomic mass is 32.2. The van der Waals surface area contributed by atoms with Crippen LogP contribution in [0.2, 0.25) is 0 Å². The summed E-state index contributed by atoms with van der Waals surface area (Å²) >= 11 is 3.80. The van der Waals surface area contributed by atoms with Gasteiger partial charge in [0.25, 0.3) is 5.91 Å². The molecule has 0 aliphatic carbocycles. The molecule has 3 rings (SSSR count). The van der Waals surface area contributed by atoms with E-state index in [-0.39, 0.29) is 24.9 Å². The number of halogens is 1. The first-order valence-corrected chi connectivity index (χ1v) is 10.6. The van der Waals surface area contributed by atoms with Gasteiger partial charge in [-0.2, -0.15) is 0 Å². The van der Waals surface area contributed by atoms with E-state index in [0.29, 0.717) is 15.7 Å². The lowest BCUT2D eigenvalue weighted by atomic mass is 10.1. The van der Waals surface area contributed by atoms with Crippen LogP contribution in [0.15, 0.2) is 48.5 Å². The first kappa shape index (κ1) is 19.8. The molecule has 142 valence electrons. The number of thioether (sulfide) groups is 2. The molecule has 0 radical (unpaired) electrons. The molecule has 4 nitrogen and oxygen atoms in total. The standard InChI is InChI=1S/C20H20FNO3S2/c1-22(12-16-4-2-3-5-17(16)21)18(23)13-25-19(24)14-6-8-15(9-7-14)20-26-10-11-27-20/h2-9,20H,10-13H2,1H3. The summed E-state index contributed by atoms with van der Waals surface area (Å²) < 4.78 is 19.2. The van der Waals surface area contributed by atoms with Gasteiger partial charge in [-0.05, 0) is 23.8 Å². The predicted octanol–water partition coefficient (Wildman–Crippen LogP) is 4.12. The number of esters is 1. The minimum Gasteiger partial charge on any atom is -0.452 e. The maximum absolute atomic E-state index is 13.7. The zero-order valence-electron chi connectivity index (χ0n) is 14.9. The number of rotatable bonds is 6. The third kappa shape index (κ3) is 5.26. The summed E-state index contributed by atoms with van der Waals surface area (Å²) in [5.74, 6) is 0.985. The Morgan fingerprint density at radius 2 is 1.78 bits per heavy atom. The monoisotopic (exact) mass is 405 g/mol. The van der Waals surface area contributed by atoms with E-state index in [1.54, 1.807) is 37.4 Å². The first-order chi connectivity index (χ1) is 13.0. The Morgan fingerprint density at radius 3 is 2.44 bits per heavy atom. The second-order valence-corrected chi connectivity index (χ2v) is 8.84. The van der Waals surface area contributed by atoms with E-state index in [4.69, 9.17) is 4.74 Å². The zero-order chi connectivity index (χ0) is 19.2. The number of hydrogen-bond donors (Lipinski definition) is 0. The Labute approximate surface area is 166 Å². The summed E-state index contributed by atoms with van der Waals surface area (Å²) in [6.07, 6.45) is 0. The number of likely N-dealkylation sites (N-methyl/N-ethyl adjacent to an activating group) is 1. The van der Waals surface area contributed by atoms with E-state index in [1.807, 2.05) is 35.7 Å². The van der Waals surface area contributed by atoms with Crippen molar-refractivity contribution in [3.8, 4) is 0 Å². The van der Waals surface area contributed by atoms with Crippen LogP contribution in [-0.4, -0.2) is 41.9 Å². The van der Waals surface area contributed by atoms with Crippen molar-refractivity contribution in [2.75, 3.05) is 25.2 Å². The smallest absolute Gasteiger partial charge is 0.338 e. The fraction of sp³-hybridized carbons (Fsp3) is 0.300. The molecule has 0 saturated carbocycles. The highest BCUT2D eigenvalue weighted by Gasteiger charge is 2.19. The van der Waals surface area contributed by atoms with Crippen LogP contribution in [0, 0.1) is 5.82 Å². The highest BCUT2D eigenvalue weighted by molar-refractivity contribution is 8.19. The number of benzene rings is 2. The fourth-order valence-electron chi connectivity index (χ4n) is 2.62. The summed E-state index contributed by atoms with van der Waals surface area (Å²) in [5.41, 5.74) is 2.01. The molecule has 7 heteroatoms. The third-order valence-corrected chi connectivity index (χ3v) is 7.26. The molecule has 1 amide bonds. The van der Waals surface area contributed by atoms with Crippen LogP contribution in [-0.2, 0) is 16.1 Å². The van der Waals surface area contributed by atoms with Crippen molar-refractivity contribution in [3.05, 3.63) is 71.0 Å². The van der Waals surface area contributed by atoms with Crippen molar-refractivity contribution in [1.82, 2.24) is 4.90 Å². The molecular weight excluding hydrogens is 385 g/mol. The normalized spacial score (nSPS) is 14.1. The van der Waals surface area contributed by atoms with Gasteiger partial charge in [-0.1, -0.05) is 30.3 Å². The molecule has 2 aromatic carbocycles. The zero-order valence-corrected chi connectivity index (χ0v) is 16.5. The van der Waals surface area contributed by atoms with Gasteiger partial charge in [0.05, 0.1) is 10.1 Å². The number of amides is 1. The molecule has 0 spiro atoms. The van der Waals surface area contributed by atoms with E-state index in [0.717, 1.165) is 11.5 Å². The lowest BCUT2D eigenvalue weighted by Crippen LogP contribution is -2.31. The summed E-state index contributed by atoms with van der Waals surface area (Å²) in [6.45, 7) is -0.256. The SMILES string of the molecule is CN(Cc1ccccc1F)C(=O)COC(=O)c1ccc(C2SCCS2)cc1. The van der Waals surface area contributed by atoms with Gasteiger partial charge < -0.3 is 9.64 Å². The largest absolute Gasteiger partial charge is 0.452 e. The number of carbonyl (C=O) groups is 2. The van der Waals surface area contributed by atoms with Gasteiger partial charge in [-0.25, -0.2) is 9.18 Å². The van der Waals surface area contributed by atoms with Crippen LogP contribution in [0.25, 0.3) is 0 Å². The van der Waals surface area contributed by atoms with Crippen LogP contribution in [0.1, 0.15) is 26.1 Å². The Bertz CT molecular complexity index is 807. The van der Waals surface area contributed by atoms with Crippen LogP contribution in [0.5, 0.6) is 0 Å². The second kappa shape index (κ2) is 9.28. The first-order valence-electron chi connectivity index (χ1n) is 8.52. The van der Waals surface area contributed by atoms with Gasteiger partial charge in [0, 0.05) is 30.7 Å². The molecule has 1 aliphatic rings. The quantitative estimate of drug-likeness (QED) is 0.677. The number of ether oxygens (including phenoxy) is 1. The van der Waals surface area contributed by atoms with Gasteiger partial charge in [0.1, 0.15) is 5.82 Å². The third-order valence-electron chi connectivity index (χ3n) is 4.16. The average Bonchev–Trinajstić information content (AvgIpc) is 3.22. The van der Waals surface area contributed by atoms with Gasteiger partial charge >= 0.3 is 5.97 Å². The fourth-order valence-corrected chi connectivity index (χ4v) is 5.48. The highest BCUT2D eigenvalue weighted by Crippen LogP contribution is 2.45. The van der Waals surface area contributed by atoms with E-state index in [2.05, 4.69) is 0 Å². The van der Waals surface area contributed by atoms with E-state index in [1.165, 1.54) is 16.5 Å². The maximum atomic E-state index is 13.7. The van der Waals surface area contributed by atoms with Gasteiger partial charge in [0.15, 0.2) is 6.61 Å². The van der Waals surface area contributed by atoms with Gasteiger partial charge in [-0.15, -0.1) is 23.5 Å². The van der Waals surface area contributed by atoms with Crippen molar-refractivity contribution in [2.45, 2.75) is 11.1 Å². The Kier molecular flexibility index (Phi) is 6.79. The minimum absolute atomic E-state index is 0.120. The molecule has 27 heavy (non-hydrogen) atoms. The Hall–Kier alpha value is -1.99. The molecule has 0 unspecified atom stereocenters. The summed E-state index contributed by atoms with van der Waals surface area (Å²) in [6, 6.07) is 13.6. The van der Waals surface area contributed by atoms with Crippen LogP contribution in [0.4, 0.5) is 4.39 Å². The number of carbonyl (C=O) groups excluding carboxylic acids is 2. The van der Waals surface area contributed by atoms with E-state index in [9.17, 15) is 14.0 Å². The van der Waals surface area contributed by atoms with E-state index >= 15 is 0 Å². The molecule has 0 atom stereocenters. The van der Waals surface area contributed by atoms with Crippen molar-refractivity contribution in [3.63, 3.8) is 0 Å². The molecule has 0 bridgehead atoms. The number of hydrogen-bond acceptors (Lipinski definition) is 5. The van der Waals surface area contributed by atoms with Crippen LogP contribution in [0.3, 0.4) is 0 Å². The van der Waals surface area contributed by atoms with Crippen molar-refractivity contribution >= 4 is 35.4 Å². The lowest BCUT2D eigenvalue weighted by molar-refractivity contribution is -0.133. The number of nitrogens with zero attached hydrogens (tertiary/aromatic N) is 1. The predicted molar refractivity (Wildman–Crippen MR) is 107 cm³/mol. The Morgan fingerprint density at radius 1 is 1.11 bits per heavy atom. The van der Waals surface area contributed by atoms with Gasteiger partial charge in [-0.3, -0.25) is 4.79 Å². The second-order valence-electron chi connectivity index (χ2n) is 6.11. The van der Waals surface area contributed by atoms with Crippen molar-refractivity contribution in [2.24, 2.45) is 0 Å². The average molecular weight is 406 g/mol. The molecule has 2 aromatic rings. The maximum Gasteiger partial charge on any atom is 0.338 e. The summed E-state index contributed by atoms with van der Waals surface area (Å²) in [4.78, 5) is 25.6. The van der Waals surface area contributed by atoms with Gasteiger partial charge in [0.2, 0.25) is 0 Å². The lowest BCUT2D eigenvalue weighted by Gasteiger charge is -2.17.